The Bertz CT molecular complexity index is 229. The minimum Gasteiger partial charge on any atom is -0.381 e. The SMILES string of the molecule is O=C(CSC1CCOCC1)NCC(F)(F)F. The number of amides is 1. The van der Waals surface area contributed by atoms with Gasteiger partial charge in [0.15, 0.2) is 0 Å². The highest BCUT2D eigenvalue weighted by Crippen LogP contribution is 2.21. The van der Waals surface area contributed by atoms with Crippen molar-refractivity contribution >= 4 is 17.7 Å². The first-order valence-corrected chi connectivity index (χ1v) is 6.05. The fraction of sp³-hybridized carbons (Fsp3) is 0.889. The smallest absolute Gasteiger partial charge is 0.381 e. The fourth-order valence-electron chi connectivity index (χ4n) is 1.29. The van der Waals surface area contributed by atoms with Crippen LogP contribution < -0.4 is 5.32 Å². The van der Waals surface area contributed by atoms with Crippen LogP contribution in [0.1, 0.15) is 12.8 Å². The van der Waals surface area contributed by atoms with Crippen LogP contribution in [0.25, 0.3) is 0 Å². The zero-order valence-electron chi connectivity index (χ0n) is 8.68. The summed E-state index contributed by atoms with van der Waals surface area (Å²) in [6, 6.07) is 0. The highest BCUT2D eigenvalue weighted by Gasteiger charge is 2.27. The molecule has 0 atom stereocenters. The third-order valence-corrected chi connectivity index (χ3v) is 3.48. The molecule has 1 fully saturated rings. The summed E-state index contributed by atoms with van der Waals surface area (Å²) >= 11 is 1.40. The number of carbonyl (C=O) groups excluding carboxylic acids is 1. The lowest BCUT2D eigenvalue weighted by Crippen LogP contribution is -2.35. The average Bonchev–Trinajstić information content (AvgIpc) is 2.24. The van der Waals surface area contributed by atoms with Gasteiger partial charge in [0.1, 0.15) is 6.54 Å². The molecule has 0 bridgehead atoms. The molecule has 16 heavy (non-hydrogen) atoms. The van der Waals surface area contributed by atoms with Crippen LogP contribution in [0.15, 0.2) is 0 Å². The molecular formula is C9H14F3NO2S. The van der Waals surface area contributed by atoms with Gasteiger partial charge in [-0.15, -0.1) is 11.8 Å². The van der Waals surface area contributed by atoms with Gasteiger partial charge in [0, 0.05) is 18.5 Å². The fourth-order valence-corrected chi connectivity index (χ4v) is 2.30. The molecule has 0 radical (unpaired) electrons. The van der Waals surface area contributed by atoms with Gasteiger partial charge >= 0.3 is 6.18 Å². The van der Waals surface area contributed by atoms with Crippen LogP contribution in [0.4, 0.5) is 13.2 Å². The van der Waals surface area contributed by atoms with Crippen molar-refractivity contribution in [2.75, 3.05) is 25.5 Å². The first-order valence-electron chi connectivity index (χ1n) is 5.00. The Kier molecular flexibility index (Phi) is 5.40. The van der Waals surface area contributed by atoms with E-state index in [1.807, 2.05) is 5.32 Å². The number of hydrogen-bond donors (Lipinski definition) is 1. The van der Waals surface area contributed by atoms with Crippen LogP contribution in [0.2, 0.25) is 0 Å². The minimum absolute atomic E-state index is 0.0841. The molecule has 94 valence electrons. The zero-order valence-corrected chi connectivity index (χ0v) is 9.50. The van der Waals surface area contributed by atoms with Crippen LogP contribution in [-0.2, 0) is 9.53 Å². The van der Waals surface area contributed by atoms with Crippen LogP contribution in [-0.4, -0.2) is 42.8 Å². The number of alkyl halides is 3. The summed E-state index contributed by atoms with van der Waals surface area (Å²) in [6.45, 7) is 0.0871. The summed E-state index contributed by atoms with van der Waals surface area (Å²) in [4.78, 5) is 11.1. The van der Waals surface area contributed by atoms with Gasteiger partial charge < -0.3 is 10.1 Å². The van der Waals surface area contributed by atoms with Gasteiger partial charge in [0.25, 0.3) is 0 Å². The lowest BCUT2D eigenvalue weighted by atomic mass is 10.2. The van der Waals surface area contributed by atoms with Crippen molar-refractivity contribution in [2.45, 2.75) is 24.3 Å². The number of halogens is 3. The lowest BCUT2D eigenvalue weighted by Gasteiger charge is -2.21. The van der Waals surface area contributed by atoms with Crippen molar-refractivity contribution < 1.29 is 22.7 Å². The molecule has 0 saturated carbocycles. The minimum atomic E-state index is -4.33. The summed E-state index contributed by atoms with van der Waals surface area (Å²) < 4.78 is 40.5. The molecule has 1 aliphatic heterocycles. The molecule has 1 heterocycles. The normalized spacial score (nSPS) is 18.4. The van der Waals surface area contributed by atoms with E-state index in [2.05, 4.69) is 0 Å². The summed E-state index contributed by atoms with van der Waals surface area (Å²) in [5, 5.41) is 2.17. The molecule has 1 saturated heterocycles. The molecule has 0 unspecified atom stereocenters. The Morgan fingerprint density at radius 1 is 1.38 bits per heavy atom. The van der Waals surface area contributed by atoms with Gasteiger partial charge in [-0.2, -0.15) is 13.2 Å². The second-order valence-electron chi connectivity index (χ2n) is 3.51. The molecule has 0 aromatic rings. The van der Waals surface area contributed by atoms with Crippen molar-refractivity contribution in [1.29, 1.82) is 0 Å². The second-order valence-corrected chi connectivity index (χ2v) is 4.80. The number of carbonyl (C=O) groups is 1. The molecule has 1 rings (SSSR count). The van der Waals surface area contributed by atoms with E-state index in [0.29, 0.717) is 18.5 Å². The zero-order chi connectivity index (χ0) is 12.0. The molecule has 7 heteroatoms. The van der Waals surface area contributed by atoms with Gasteiger partial charge in [0.2, 0.25) is 5.91 Å². The number of hydrogen-bond acceptors (Lipinski definition) is 3. The maximum atomic E-state index is 11.8. The first kappa shape index (κ1) is 13.6. The van der Waals surface area contributed by atoms with E-state index in [4.69, 9.17) is 4.74 Å². The molecular weight excluding hydrogens is 243 g/mol. The Morgan fingerprint density at radius 2 is 2.00 bits per heavy atom. The predicted octanol–water partition coefficient (Wildman–Crippen LogP) is 1.58. The number of ether oxygens (including phenoxy) is 1. The predicted molar refractivity (Wildman–Crippen MR) is 55.4 cm³/mol. The van der Waals surface area contributed by atoms with Gasteiger partial charge in [-0.05, 0) is 12.8 Å². The number of rotatable bonds is 4. The maximum Gasteiger partial charge on any atom is 0.405 e. The lowest BCUT2D eigenvalue weighted by molar-refractivity contribution is -0.136. The standard InChI is InChI=1S/C9H14F3NO2S/c10-9(11,12)6-13-8(14)5-16-7-1-3-15-4-2-7/h7H,1-6H2,(H,13,14). The Balaban J connectivity index is 2.09. The average molecular weight is 257 g/mol. The molecule has 0 spiro atoms. The molecule has 0 aromatic heterocycles. The van der Waals surface area contributed by atoms with Gasteiger partial charge in [-0.1, -0.05) is 0 Å². The van der Waals surface area contributed by atoms with E-state index >= 15 is 0 Å². The van der Waals surface area contributed by atoms with Crippen molar-refractivity contribution in [3.63, 3.8) is 0 Å². The van der Waals surface area contributed by atoms with Crippen LogP contribution in [0, 0.1) is 0 Å². The van der Waals surface area contributed by atoms with E-state index in [1.165, 1.54) is 11.8 Å². The molecule has 1 N–H and O–H groups in total. The highest BCUT2D eigenvalue weighted by molar-refractivity contribution is 8.00. The second kappa shape index (κ2) is 6.34. The van der Waals surface area contributed by atoms with Crippen molar-refractivity contribution in [3.8, 4) is 0 Å². The molecule has 0 aliphatic carbocycles. The maximum absolute atomic E-state index is 11.8. The third-order valence-electron chi connectivity index (χ3n) is 2.10. The topological polar surface area (TPSA) is 38.3 Å². The Labute approximate surface area is 96.1 Å². The van der Waals surface area contributed by atoms with Gasteiger partial charge in [0.05, 0.1) is 5.75 Å². The van der Waals surface area contributed by atoms with E-state index in [1.54, 1.807) is 0 Å². The number of nitrogens with one attached hydrogen (secondary N) is 1. The quantitative estimate of drug-likeness (QED) is 0.831. The van der Waals surface area contributed by atoms with Gasteiger partial charge in [-0.3, -0.25) is 4.79 Å². The Morgan fingerprint density at radius 3 is 2.56 bits per heavy atom. The van der Waals surface area contributed by atoms with E-state index in [-0.39, 0.29) is 5.75 Å². The van der Waals surface area contributed by atoms with E-state index < -0.39 is 18.6 Å². The summed E-state index contributed by atoms with van der Waals surface area (Å²) in [6.07, 6.45) is -2.62. The van der Waals surface area contributed by atoms with Crippen molar-refractivity contribution in [1.82, 2.24) is 5.32 Å². The molecule has 3 nitrogen and oxygen atoms in total. The highest BCUT2D eigenvalue weighted by atomic mass is 32.2. The van der Waals surface area contributed by atoms with Crippen molar-refractivity contribution in [2.24, 2.45) is 0 Å². The first-order chi connectivity index (χ1) is 7.47. The molecule has 0 aromatic carbocycles. The van der Waals surface area contributed by atoms with E-state index in [9.17, 15) is 18.0 Å². The van der Waals surface area contributed by atoms with Crippen LogP contribution in [0.3, 0.4) is 0 Å². The molecule has 1 amide bonds. The largest absolute Gasteiger partial charge is 0.405 e. The number of thioether (sulfide) groups is 1. The summed E-state index contributed by atoms with van der Waals surface area (Å²) in [5.74, 6) is -0.477. The van der Waals surface area contributed by atoms with Crippen LogP contribution >= 0.6 is 11.8 Å². The van der Waals surface area contributed by atoms with E-state index in [0.717, 1.165) is 12.8 Å². The summed E-state index contributed by atoms with van der Waals surface area (Å²) in [5.41, 5.74) is 0. The monoisotopic (exact) mass is 257 g/mol. The van der Waals surface area contributed by atoms with Gasteiger partial charge in [-0.25, -0.2) is 0 Å². The molecule has 1 aliphatic rings. The Hall–Kier alpha value is -0.430. The summed E-state index contributed by atoms with van der Waals surface area (Å²) in [7, 11) is 0. The van der Waals surface area contributed by atoms with Crippen LogP contribution in [0.5, 0.6) is 0 Å². The van der Waals surface area contributed by atoms with Crippen molar-refractivity contribution in [3.05, 3.63) is 0 Å². The third kappa shape index (κ3) is 6.22.